The second kappa shape index (κ2) is 14.6. The molecule has 61 heavy (non-hydrogen) atoms. The number of fused-ring (bicyclic) bond motifs is 9. The maximum absolute atomic E-state index is 6.77. The molecule has 2 aliphatic rings. The summed E-state index contributed by atoms with van der Waals surface area (Å²) in [7, 11) is 0. The van der Waals surface area contributed by atoms with Crippen LogP contribution in [0.3, 0.4) is 0 Å². The molecule has 0 amide bonds. The smallest absolute Gasteiger partial charge is 0.143 e. The molecule has 3 heteroatoms. The van der Waals surface area contributed by atoms with E-state index in [2.05, 4.69) is 194 Å². The fourth-order valence-corrected chi connectivity index (χ4v) is 9.59. The molecule has 1 atom stereocenters. The van der Waals surface area contributed by atoms with Gasteiger partial charge in [-0.1, -0.05) is 152 Å². The average molecular weight is 781 g/mol. The van der Waals surface area contributed by atoms with Crippen LogP contribution in [0.15, 0.2) is 205 Å². The highest BCUT2D eigenvalue weighted by molar-refractivity contribution is 6.23. The highest BCUT2D eigenvalue weighted by Gasteiger charge is 2.19. The Labute approximate surface area is 354 Å². The SMILES string of the molecule is C1=CCC(c2ccc3oc4c(-c5cccc(-c6cccc(C7=CCCC(c8cnc9c%10ccccc%10c%10ccccc%10c9n8)=C7)c6)c5)cc(-c5ccccc5)cc4c3c2)C=C1. The summed E-state index contributed by atoms with van der Waals surface area (Å²) in [6, 6.07) is 56.9. The van der Waals surface area contributed by atoms with Crippen molar-refractivity contribution in [1.29, 1.82) is 0 Å². The van der Waals surface area contributed by atoms with Gasteiger partial charge in [-0.05, 0) is 123 Å². The highest BCUT2D eigenvalue weighted by atomic mass is 16.3. The normalized spacial score (nSPS) is 15.2. The molecule has 2 aliphatic carbocycles. The number of rotatable bonds is 6. The van der Waals surface area contributed by atoms with Gasteiger partial charge in [-0.3, -0.25) is 4.98 Å². The van der Waals surface area contributed by atoms with Crippen molar-refractivity contribution < 1.29 is 4.42 Å². The first kappa shape index (κ1) is 35.3. The van der Waals surface area contributed by atoms with Gasteiger partial charge < -0.3 is 4.42 Å². The van der Waals surface area contributed by atoms with Crippen molar-refractivity contribution >= 4 is 65.7 Å². The predicted molar refractivity (Wildman–Crippen MR) is 255 cm³/mol. The minimum absolute atomic E-state index is 0.365. The van der Waals surface area contributed by atoms with E-state index in [-0.39, 0.29) is 0 Å². The van der Waals surface area contributed by atoms with E-state index < -0.39 is 0 Å². The second-order valence-corrected chi connectivity index (χ2v) is 16.4. The molecule has 10 aromatic rings. The zero-order chi connectivity index (χ0) is 40.3. The molecule has 0 aliphatic heterocycles. The molecule has 0 spiro atoms. The molecule has 0 saturated carbocycles. The number of aromatic nitrogens is 2. The van der Waals surface area contributed by atoms with Crippen LogP contribution in [0, 0.1) is 0 Å². The number of furan rings is 1. The number of hydrogen-bond acceptors (Lipinski definition) is 3. The Morgan fingerprint density at radius 2 is 1.23 bits per heavy atom. The predicted octanol–water partition coefficient (Wildman–Crippen LogP) is 15.7. The minimum Gasteiger partial charge on any atom is -0.455 e. The van der Waals surface area contributed by atoms with Crippen LogP contribution < -0.4 is 0 Å². The van der Waals surface area contributed by atoms with Crippen LogP contribution in [0.5, 0.6) is 0 Å². The van der Waals surface area contributed by atoms with E-state index >= 15 is 0 Å². The van der Waals surface area contributed by atoms with Crippen molar-refractivity contribution in [1.82, 2.24) is 9.97 Å². The Morgan fingerprint density at radius 3 is 2.02 bits per heavy atom. The number of benzene rings is 8. The van der Waals surface area contributed by atoms with Crippen molar-refractivity contribution in [3.8, 4) is 33.4 Å². The van der Waals surface area contributed by atoms with Crippen molar-refractivity contribution in [2.24, 2.45) is 0 Å². The van der Waals surface area contributed by atoms with E-state index in [0.29, 0.717) is 5.92 Å². The molecule has 0 bridgehead atoms. The molecular weight excluding hydrogens is 741 g/mol. The number of nitrogens with zero attached hydrogens (tertiary/aromatic N) is 2. The maximum Gasteiger partial charge on any atom is 0.143 e. The van der Waals surface area contributed by atoms with Crippen LogP contribution in [0.1, 0.15) is 42.0 Å². The van der Waals surface area contributed by atoms with Gasteiger partial charge >= 0.3 is 0 Å². The Balaban J connectivity index is 0.921. The van der Waals surface area contributed by atoms with Crippen molar-refractivity contribution in [2.75, 3.05) is 0 Å². The van der Waals surface area contributed by atoms with Gasteiger partial charge in [0.1, 0.15) is 11.2 Å². The van der Waals surface area contributed by atoms with E-state index in [1.54, 1.807) is 0 Å². The van der Waals surface area contributed by atoms with Crippen molar-refractivity contribution in [2.45, 2.75) is 25.2 Å². The van der Waals surface area contributed by atoms with E-state index in [4.69, 9.17) is 14.4 Å². The van der Waals surface area contributed by atoms with Gasteiger partial charge in [0.25, 0.3) is 0 Å². The first-order valence-electron chi connectivity index (χ1n) is 21.3. The van der Waals surface area contributed by atoms with E-state index in [9.17, 15) is 0 Å². The lowest BCUT2D eigenvalue weighted by atomic mass is 9.90. The molecule has 12 rings (SSSR count). The summed E-state index contributed by atoms with van der Waals surface area (Å²) >= 11 is 0. The summed E-state index contributed by atoms with van der Waals surface area (Å²) in [4.78, 5) is 10.4. The molecule has 288 valence electrons. The third kappa shape index (κ3) is 6.20. The van der Waals surface area contributed by atoms with Gasteiger partial charge in [-0.25, -0.2) is 4.98 Å². The van der Waals surface area contributed by atoms with Gasteiger partial charge in [0, 0.05) is 33.0 Å². The van der Waals surface area contributed by atoms with Crippen LogP contribution >= 0.6 is 0 Å². The molecule has 0 saturated heterocycles. The molecule has 0 fully saturated rings. The fourth-order valence-electron chi connectivity index (χ4n) is 9.59. The van der Waals surface area contributed by atoms with Crippen LogP contribution in [0.25, 0.3) is 99.0 Å². The number of hydrogen-bond donors (Lipinski definition) is 0. The maximum atomic E-state index is 6.77. The molecule has 2 heterocycles. The van der Waals surface area contributed by atoms with Crippen LogP contribution in [-0.4, -0.2) is 9.97 Å². The Morgan fingerprint density at radius 1 is 0.525 bits per heavy atom. The van der Waals surface area contributed by atoms with E-state index in [0.717, 1.165) is 85.4 Å². The van der Waals surface area contributed by atoms with E-state index in [1.807, 2.05) is 6.20 Å². The Hall–Kier alpha value is -7.62. The topological polar surface area (TPSA) is 38.9 Å². The van der Waals surface area contributed by atoms with Gasteiger partial charge in [0.05, 0.1) is 22.9 Å². The van der Waals surface area contributed by atoms with Crippen LogP contribution in [0.4, 0.5) is 0 Å². The molecule has 8 aromatic carbocycles. The summed E-state index contributed by atoms with van der Waals surface area (Å²) < 4.78 is 6.77. The molecule has 1 unspecified atom stereocenters. The quantitative estimate of drug-likeness (QED) is 0.158. The van der Waals surface area contributed by atoms with Crippen LogP contribution in [-0.2, 0) is 0 Å². The lowest BCUT2D eigenvalue weighted by Crippen LogP contribution is -1.98. The van der Waals surface area contributed by atoms with Crippen molar-refractivity contribution in [3.63, 3.8) is 0 Å². The van der Waals surface area contributed by atoms with Gasteiger partial charge in [-0.15, -0.1) is 0 Å². The first-order valence-corrected chi connectivity index (χ1v) is 21.3. The zero-order valence-electron chi connectivity index (χ0n) is 33.6. The Bertz CT molecular complexity index is 3470. The third-order valence-electron chi connectivity index (χ3n) is 12.7. The number of allylic oxidation sites excluding steroid dienone is 8. The molecular formula is C58H40N2O. The van der Waals surface area contributed by atoms with E-state index in [1.165, 1.54) is 49.7 Å². The largest absolute Gasteiger partial charge is 0.455 e. The summed E-state index contributed by atoms with van der Waals surface area (Å²) in [5.74, 6) is 0.365. The third-order valence-corrected chi connectivity index (χ3v) is 12.7. The first-order chi connectivity index (χ1) is 30.2. The standard InChI is InChI=1S/C58H40N2O/c1-3-14-37(15-4-1)43-28-29-55-52(33-43)53-35-46(38-16-5-2-6-17-38)34-51(58(53)61-55)44-22-12-20-41(31-44)39-18-11-19-40(30-39)42-21-13-23-45(32-42)54-36-59-56-49-26-9-7-24-47(49)48-25-8-10-27-50(48)57(56)60-54/h1-12,14,16-22,24-37H,13,15,23H2. The van der Waals surface area contributed by atoms with Gasteiger partial charge in [-0.2, -0.15) is 0 Å². The summed E-state index contributed by atoms with van der Waals surface area (Å²) in [5.41, 5.74) is 16.5. The highest BCUT2D eigenvalue weighted by Crippen LogP contribution is 2.42. The second-order valence-electron chi connectivity index (χ2n) is 16.4. The fraction of sp³-hybridized carbons (Fsp3) is 0.0690. The van der Waals surface area contributed by atoms with Crippen molar-refractivity contribution in [3.05, 3.63) is 217 Å². The summed E-state index contributed by atoms with van der Waals surface area (Å²) in [6.07, 6.45) is 18.4. The molecule has 2 aromatic heterocycles. The molecule has 0 radical (unpaired) electrons. The lowest BCUT2D eigenvalue weighted by Gasteiger charge is -2.16. The monoisotopic (exact) mass is 780 g/mol. The molecule has 0 N–H and O–H groups in total. The Kier molecular flexibility index (Phi) is 8.45. The lowest BCUT2D eigenvalue weighted by molar-refractivity contribution is 0.669. The van der Waals surface area contributed by atoms with Gasteiger partial charge in [0.2, 0.25) is 0 Å². The zero-order valence-corrected chi connectivity index (χ0v) is 33.6. The summed E-state index contributed by atoms with van der Waals surface area (Å²) in [5, 5.41) is 6.99. The molecule has 3 nitrogen and oxygen atoms in total. The average Bonchev–Trinajstić information content (AvgIpc) is 3.72. The summed E-state index contributed by atoms with van der Waals surface area (Å²) in [6.45, 7) is 0. The minimum atomic E-state index is 0.365. The van der Waals surface area contributed by atoms with Crippen LogP contribution in [0.2, 0.25) is 0 Å². The van der Waals surface area contributed by atoms with Gasteiger partial charge in [0.15, 0.2) is 0 Å².